The summed E-state index contributed by atoms with van der Waals surface area (Å²) in [6, 6.07) is 0. The minimum Gasteiger partial charge on any atom is -0.481 e. The second kappa shape index (κ2) is 14.9. The first-order chi connectivity index (χ1) is 12.3. The summed E-state index contributed by atoms with van der Waals surface area (Å²) in [6.07, 6.45) is 0.264. The molecule has 26 heavy (non-hydrogen) atoms. The summed E-state index contributed by atoms with van der Waals surface area (Å²) in [5.74, 6) is -1.61. The summed E-state index contributed by atoms with van der Waals surface area (Å²) in [5.41, 5.74) is 0. The second-order valence-corrected chi connectivity index (χ2v) is 6.44. The molecule has 0 aromatic carbocycles. The summed E-state index contributed by atoms with van der Waals surface area (Å²) in [5, 5.41) is 57.5. The van der Waals surface area contributed by atoms with Gasteiger partial charge in [0.1, 0.15) is 18.3 Å². The molecule has 0 saturated heterocycles. The van der Waals surface area contributed by atoms with Crippen molar-refractivity contribution in [1.82, 2.24) is 5.32 Å². The lowest BCUT2D eigenvalue weighted by molar-refractivity contribution is -0.148. The number of aliphatic hydroxyl groups is 5. The number of carbonyl (C=O) groups is 2. The Bertz CT molecular complexity index is 393. The van der Waals surface area contributed by atoms with E-state index in [1.807, 2.05) is 0 Å². The van der Waals surface area contributed by atoms with Gasteiger partial charge in [-0.3, -0.25) is 9.59 Å². The number of unbranched alkanes of at least 4 members (excludes halogenated alkanes) is 7. The van der Waals surface area contributed by atoms with Crippen LogP contribution in [0.25, 0.3) is 0 Å². The van der Waals surface area contributed by atoms with Crippen molar-refractivity contribution < 1.29 is 40.2 Å². The van der Waals surface area contributed by atoms with Crippen molar-refractivity contribution in [3.8, 4) is 0 Å². The number of amides is 1. The van der Waals surface area contributed by atoms with Crippen LogP contribution in [0.3, 0.4) is 0 Å². The molecule has 9 heteroatoms. The van der Waals surface area contributed by atoms with Gasteiger partial charge in [0.05, 0.1) is 6.61 Å². The maximum atomic E-state index is 11.7. The third-order valence-electron chi connectivity index (χ3n) is 4.14. The van der Waals surface area contributed by atoms with E-state index in [1.54, 1.807) is 0 Å². The third kappa shape index (κ3) is 11.4. The highest BCUT2D eigenvalue weighted by molar-refractivity contribution is 5.81. The molecule has 0 aliphatic carbocycles. The van der Waals surface area contributed by atoms with E-state index in [0.29, 0.717) is 19.4 Å². The smallest absolute Gasteiger partial charge is 0.303 e. The summed E-state index contributed by atoms with van der Waals surface area (Å²) in [4.78, 5) is 22.0. The SMILES string of the molecule is O=C(O)CCCCCCCCCCNC(=O)[C@H](O)[C@@H](O)[C@H](O)[C@H](O)CO. The van der Waals surface area contributed by atoms with Crippen molar-refractivity contribution in [1.29, 1.82) is 0 Å². The van der Waals surface area contributed by atoms with Crippen LogP contribution in [0.5, 0.6) is 0 Å². The van der Waals surface area contributed by atoms with Gasteiger partial charge in [0.15, 0.2) is 6.10 Å². The lowest BCUT2D eigenvalue weighted by Crippen LogP contribution is -2.51. The second-order valence-electron chi connectivity index (χ2n) is 6.44. The van der Waals surface area contributed by atoms with Crippen molar-refractivity contribution >= 4 is 11.9 Å². The molecule has 0 heterocycles. The third-order valence-corrected chi connectivity index (χ3v) is 4.14. The molecule has 0 fully saturated rings. The predicted octanol–water partition coefficient (Wildman–Crippen LogP) is -0.866. The molecule has 9 nitrogen and oxygen atoms in total. The van der Waals surface area contributed by atoms with Gasteiger partial charge in [0, 0.05) is 13.0 Å². The molecule has 0 aromatic heterocycles. The normalized spacial score (nSPS) is 15.9. The van der Waals surface area contributed by atoms with E-state index in [1.165, 1.54) is 0 Å². The van der Waals surface area contributed by atoms with Gasteiger partial charge in [-0.1, -0.05) is 38.5 Å². The maximum Gasteiger partial charge on any atom is 0.303 e. The van der Waals surface area contributed by atoms with Crippen molar-refractivity contribution in [3.05, 3.63) is 0 Å². The molecule has 1 amide bonds. The average molecular weight is 379 g/mol. The fraction of sp³-hybridized carbons (Fsp3) is 0.882. The molecular formula is C17H33NO8. The Balaban J connectivity index is 3.65. The van der Waals surface area contributed by atoms with Crippen LogP contribution >= 0.6 is 0 Å². The van der Waals surface area contributed by atoms with Crippen LogP contribution in [0.2, 0.25) is 0 Å². The van der Waals surface area contributed by atoms with Gasteiger partial charge in [-0.25, -0.2) is 0 Å². The van der Waals surface area contributed by atoms with Crippen LogP contribution < -0.4 is 5.32 Å². The number of nitrogens with one attached hydrogen (secondary N) is 1. The molecule has 0 saturated carbocycles. The molecule has 0 aromatic rings. The van der Waals surface area contributed by atoms with Gasteiger partial charge in [0.25, 0.3) is 5.91 Å². The standard InChI is InChI=1S/C17H33NO8/c19-11-12(20)14(23)15(24)16(25)17(26)18-10-8-6-4-2-1-3-5-7-9-13(21)22/h12,14-16,19-20,23-25H,1-11H2,(H,18,26)(H,21,22)/t12-,14-,15+,16-/m1/s1. The summed E-state index contributed by atoms with van der Waals surface area (Å²) < 4.78 is 0. The highest BCUT2D eigenvalue weighted by atomic mass is 16.4. The zero-order chi connectivity index (χ0) is 19.9. The first kappa shape index (κ1) is 24.7. The monoisotopic (exact) mass is 379 g/mol. The zero-order valence-corrected chi connectivity index (χ0v) is 15.1. The Hall–Kier alpha value is -1.26. The van der Waals surface area contributed by atoms with Crippen LogP contribution in [-0.2, 0) is 9.59 Å². The highest BCUT2D eigenvalue weighted by Crippen LogP contribution is 2.10. The van der Waals surface area contributed by atoms with Crippen LogP contribution in [-0.4, -0.2) is 80.1 Å². The number of carboxylic acid groups (broad SMARTS) is 1. The molecular weight excluding hydrogens is 346 g/mol. The Labute approximate surface area is 153 Å². The number of aliphatic hydroxyl groups excluding tert-OH is 5. The summed E-state index contributed by atoms with van der Waals surface area (Å²) in [7, 11) is 0. The van der Waals surface area contributed by atoms with Crippen LogP contribution in [0, 0.1) is 0 Å². The quantitative estimate of drug-likeness (QED) is 0.170. The highest BCUT2D eigenvalue weighted by Gasteiger charge is 2.33. The topological polar surface area (TPSA) is 168 Å². The van der Waals surface area contributed by atoms with E-state index >= 15 is 0 Å². The summed E-state index contributed by atoms with van der Waals surface area (Å²) >= 11 is 0. The minimum atomic E-state index is -1.89. The molecule has 4 atom stereocenters. The average Bonchev–Trinajstić information content (AvgIpc) is 2.62. The number of carboxylic acids is 1. The molecule has 0 aliphatic rings. The number of aliphatic carboxylic acids is 1. The predicted molar refractivity (Wildman–Crippen MR) is 93.3 cm³/mol. The first-order valence-electron chi connectivity index (χ1n) is 9.13. The van der Waals surface area contributed by atoms with Gasteiger partial charge >= 0.3 is 5.97 Å². The van der Waals surface area contributed by atoms with Gasteiger partial charge in [-0.15, -0.1) is 0 Å². The molecule has 0 rings (SSSR count). The van der Waals surface area contributed by atoms with E-state index < -0.39 is 42.9 Å². The largest absolute Gasteiger partial charge is 0.481 e. The number of hydrogen-bond donors (Lipinski definition) is 7. The van der Waals surface area contributed by atoms with Crippen molar-refractivity contribution in [3.63, 3.8) is 0 Å². The van der Waals surface area contributed by atoms with Gasteiger partial charge in [-0.2, -0.15) is 0 Å². The number of rotatable bonds is 16. The van der Waals surface area contributed by atoms with Crippen LogP contribution in [0.4, 0.5) is 0 Å². The van der Waals surface area contributed by atoms with Gasteiger partial charge < -0.3 is 36.0 Å². The Morgan fingerprint density at radius 3 is 1.77 bits per heavy atom. The van der Waals surface area contributed by atoms with Crippen molar-refractivity contribution in [2.24, 2.45) is 0 Å². The van der Waals surface area contributed by atoms with E-state index in [0.717, 1.165) is 38.5 Å². The van der Waals surface area contributed by atoms with E-state index in [4.69, 9.17) is 10.2 Å². The van der Waals surface area contributed by atoms with E-state index in [-0.39, 0.29) is 6.42 Å². The lowest BCUT2D eigenvalue weighted by atomic mass is 10.0. The number of carbonyl (C=O) groups excluding carboxylic acids is 1. The Morgan fingerprint density at radius 2 is 1.27 bits per heavy atom. The molecule has 7 N–H and O–H groups in total. The van der Waals surface area contributed by atoms with Crippen molar-refractivity contribution in [2.45, 2.75) is 82.2 Å². The molecule has 0 spiro atoms. The maximum absolute atomic E-state index is 11.7. The van der Waals surface area contributed by atoms with E-state index in [2.05, 4.69) is 5.32 Å². The fourth-order valence-corrected chi connectivity index (χ4v) is 2.46. The molecule has 0 unspecified atom stereocenters. The fourth-order valence-electron chi connectivity index (χ4n) is 2.46. The first-order valence-corrected chi connectivity index (χ1v) is 9.13. The molecule has 0 bridgehead atoms. The lowest BCUT2D eigenvalue weighted by Gasteiger charge is -2.24. The zero-order valence-electron chi connectivity index (χ0n) is 15.1. The molecule has 0 aliphatic heterocycles. The summed E-state index contributed by atoms with van der Waals surface area (Å²) in [6.45, 7) is -0.480. The minimum absolute atomic E-state index is 0.218. The Morgan fingerprint density at radius 1 is 0.769 bits per heavy atom. The Kier molecular flexibility index (Phi) is 14.1. The van der Waals surface area contributed by atoms with Crippen molar-refractivity contribution in [2.75, 3.05) is 13.2 Å². The molecule has 0 radical (unpaired) electrons. The van der Waals surface area contributed by atoms with Gasteiger partial charge in [-0.05, 0) is 12.8 Å². The van der Waals surface area contributed by atoms with Gasteiger partial charge in [0.2, 0.25) is 0 Å². The number of hydrogen-bond acceptors (Lipinski definition) is 7. The van der Waals surface area contributed by atoms with Crippen LogP contribution in [0.1, 0.15) is 57.8 Å². The van der Waals surface area contributed by atoms with Crippen LogP contribution in [0.15, 0.2) is 0 Å². The van der Waals surface area contributed by atoms with E-state index in [9.17, 15) is 30.0 Å². The molecule has 154 valence electrons.